The van der Waals surface area contributed by atoms with Crippen LogP contribution in [0.5, 0.6) is 0 Å². The molecule has 0 saturated carbocycles. The summed E-state index contributed by atoms with van der Waals surface area (Å²) >= 11 is 0. The van der Waals surface area contributed by atoms with Crippen LogP contribution in [0.15, 0.2) is 102 Å². The fraction of sp³-hybridized carbons (Fsp3) is 0.138. The molecule has 0 spiro atoms. The number of aromatic nitrogens is 1. The number of carbonyl (C=O) groups is 3. The minimum Gasteiger partial charge on any atom is -0.388 e. The highest BCUT2D eigenvalue weighted by Crippen LogP contribution is 2.35. The third kappa shape index (κ3) is 3.99. The van der Waals surface area contributed by atoms with Crippen molar-refractivity contribution in [1.82, 2.24) is 9.99 Å². The molecule has 3 aromatic rings. The lowest BCUT2D eigenvalue weighted by Crippen LogP contribution is -2.40. The van der Waals surface area contributed by atoms with Crippen molar-refractivity contribution in [1.29, 1.82) is 0 Å². The number of anilines is 2. The van der Waals surface area contributed by atoms with Gasteiger partial charge >= 0.3 is 6.03 Å². The molecule has 2 atom stereocenters. The molecular weight excluding hydrogens is 482 g/mol. The second-order valence-electron chi connectivity index (χ2n) is 9.14. The van der Waals surface area contributed by atoms with Gasteiger partial charge in [-0.3, -0.25) is 14.6 Å². The van der Waals surface area contributed by atoms with E-state index in [2.05, 4.69) is 15.4 Å². The molecule has 3 heterocycles. The fourth-order valence-electron chi connectivity index (χ4n) is 4.99. The number of nitrogens with one attached hydrogen (secondary N) is 1. The van der Waals surface area contributed by atoms with E-state index in [4.69, 9.17) is 0 Å². The molecule has 6 rings (SSSR count). The number of fused-ring (bicyclic) bond motifs is 1. The summed E-state index contributed by atoms with van der Waals surface area (Å²) in [5.41, 5.74) is 3.30. The topological polar surface area (TPSA) is 115 Å². The van der Waals surface area contributed by atoms with E-state index >= 15 is 0 Å². The molecule has 2 N–H and O–H groups in total. The van der Waals surface area contributed by atoms with Gasteiger partial charge in [0.1, 0.15) is 0 Å². The molecule has 188 valence electrons. The van der Waals surface area contributed by atoms with Crippen LogP contribution in [0.3, 0.4) is 0 Å². The number of para-hydroxylation sites is 2. The van der Waals surface area contributed by atoms with Crippen LogP contribution in [-0.2, 0) is 0 Å². The van der Waals surface area contributed by atoms with Crippen LogP contribution < -0.4 is 10.2 Å². The molecule has 0 radical (unpaired) electrons. The molecule has 38 heavy (non-hydrogen) atoms. The summed E-state index contributed by atoms with van der Waals surface area (Å²) in [7, 11) is 0. The van der Waals surface area contributed by atoms with Crippen LogP contribution in [0.4, 0.5) is 16.2 Å². The maximum absolute atomic E-state index is 13.7. The highest BCUT2D eigenvalue weighted by Gasteiger charge is 2.39. The Morgan fingerprint density at radius 1 is 0.974 bits per heavy atom. The largest absolute Gasteiger partial charge is 0.388 e. The van der Waals surface area contributed by atoms with Gasteiger partial charge in [0.2, 0.25) is 0 Å². The highest BCUT2D eigenvalue weighted by atomic mass is 16.3. The molecule has 2 unspecified atom stereocenters. The first-order valence-corrected chi connectivity index (χ1v) is 12.2. The van der Waals surface area contributed by atoms with Crippen molar-refractivity contribution in [2.45, 2.75) is 25.0 Å². The molecule has 0 bridgehead atoms. The standard InChI is InChI=1S/C29H23N5O4/c35-26-14-6-3-11-21(26)25-16-23(18-8-7-15-30-17-18)32-34(25)29(38)31-22-12-4-5-13-24(22)33-27(36)19-9-1-2-10-20(19)28(33)37/h1-13,15,17,25-26,35H,14,16H2,(H,31,38). The van der Waals surface area contributed by atoms with Gasteiger partial charge in [0, 0.05) is 24.4 Å². The third-order valence-corrected chi connectivity index (χ3v) is 6.85. The van der Waals surface area contributed by atoms with Gasteiger partial charge in [-0.25, -0.2) is 14.7 Å². The van der Waals surface area contributed by atoms with Crippen molar-refractivity contribution >= 4 is 34.9 Å². The Balaban J connectivity index is 1.33. The van der Waals surface area contributed by atoms with E-state index < -0.39 is 30.0 Å². The second-order valence-corrected chi connectivity index (χ2v) is 9.14. The van der Waals surface area contributed by atoms with Gasteiger partial charge in [0.25, 0.3) is 11.8 Å². The zero-order chi connectivity index (χ0) is 26.2. The molecule has 0 saturated heterocycles. The van der Waals surface area contributed by atoms with Gasteiger partial charge in [-0.05, 0) is 42.3 Å². The van der Waals surface area contributed by atoms with Crippen LogP contribution >= 0.6 is 0 Å². The van der Waals surface area contributed by atoms with Gasteiger partial charge in [-0.1, -0.05) is 48.6 Å². The summed E-state index contributed by atoms with van der Waals surface area (Å²) in [4.78, 5) is 45.1. The number of amides is 4. The Kier molecular flexibility index (Phi) is 5.89. The molecule has 9 heteroatoms. The minimum absolute atomic E-state index is 0.263. The molecular formula is C29H23N5O4. The number of aliphatic hydroxyl groups excluding tert-OH is 1. The number of benzene rings is 2. The van der Waals surface area contributed by atoms with Crippen molar-refractivity contribution < 1.29 is 19.5 Å². The zero-order valence-electron chi connectivity index (χ0n) is 20.2. The van der Waals surface area contributed by atoms with Crippen LogP contribution in [0, 0.1) is 0 Å². The summed E-state index contributed by atoms with van der Waals surface area (Å²) in [5.74, 6) is -0.906. The maximum Gasteiger partial charge on any atom is 0.342 e. The van der Waals surface area contributed by atoms with Crippen molar-refractivity contribution in [2.75, 3.05) is 10.2 Å². The van der Waals surface area contributed by atoms with E-state index in [0.717, 1.165) is 10.5 Å². The summed E-state index contributed by atoms with van der Waals surface area (Å²) < 4.78 is 0. The van der Waals surface area contributed by atoms with Gasteiger partial charge < -0.3 is 10.4 Å². The number of aliphatic hydroxyl groups is 1. The summed E-state index contributed by atoms with van der Waals surface area (Å²) in [6, 6.07) is 15.9. The SMILES string of the molecule is O=C1c2ccccc2C(=O)N1c1ccccc1NC(=O)N1N=C(c2cccnc2)CC1C1=CC=CCC1O. The number of pyridine rings is 1. The molecule has 2 aromatic carbocycles. The van der Waals surface area contributed by atoms with Gasteiger partial charge in [0.05, 0.1) is 40.4 Å². The van der Waals surface area contributed by atoms with E-state index in [9.17, 15) is 19.5 Å². The van der Waals surface area contributed by atoms with E-state index in [0.29, 0.717) is 35.3 Å². The number of nitrogens with zero attached hydrogens (tertiary/aromatic N) is 4. The van der Waals surface area contributed by atoms with Crippen LogP contribution in [0.1, 0.15) is 39.1 Å². The van der Waals surface area contributed by atoms with Gasteiger partial charge in [0.15, 0.2) is 0 Å². The first-order chi connectivity index (χ1) is 18.5. The molecule has 1 aliphatic carbocycles. The Morgan fingerprint density at radius 2 is 1.71 bits per heavy atom. The molecule has 2 aliphatic heterocycles. The number of urea groups is 1. The first-order valence-electron chi connectivity index (χ1n) is 12.2. The second kappa shape index (κ2) is 9.53. The Bertz CT molecular complexity index is 1510. The van der Waals surface area contributed by atoms with Crippen molar-refractivity contribution in [3.05, 3.63) is 114 Å². The highest BCUT2D eigenvalue weighted by molar-refractivity contribution is 6.35. The van der Waals surface area contributed by atoms with Crippen molar-refractivity contribution in [2.24, 2.45) is 5.10 Å². The number of carbonyl (C=O) groups excluding carboxylic acids is 3. The quantitative estimate of drug-likeness (QED) is 0.517. The van der Waals surface area contributed by atoms with Gasteiger partial charge in [-0.15, -0.1) is 0 Å². The van der Waals surface area contributed by atoms with Crippen LogP contribution in [0.25, 0.3) is 0 Å². The number of rotatable bonds is 4. The number of hydrogen-bond acceptors (Lipinski definition) is 6. The number of hydrogen-bond donors (Lipinski definition) is 2. The Hall–Kier alpha value is -4.89. The normalized spacial score (nSPS) is 20.3. The van der Waals surface area contributed by atoms with E-state index in [1.54, 1.807) is 67.0 Å². The number of imide groups is 1. The summed E-state index contributed by atoms with van der Waals surface area (Å²) in [6.07, 6.45) is 8.99. The molecule has 3 aliphatic rings. The van der Waals surface area contributed by atoms with E-state index in [-0.39, 0.29) is 11.4 Å². The third-order valence-electron chi connectivity index (χ3n) is 6.85. The summed E-state index contributed by atoms with van der Waals surface area (Å²) in [6.45, 7) is 0. The predicted molar refractivity (Wildman–Crippen MR) is 142 cm³/mol. The fourth-order valence-corrected chi connectivity index (χ4v) is 4.99. The monoisotopic (exact) mass is 505 g/mol. The zero-order valence-corrected chi connectivity index (χ0v) is 20.2. The van der Waals surface area contributed by atoms with E-state index in [1.807, 2.05) is 24.3 Å². The van der Waals surface area contributed by atoms with Crippen molar-refractivity contribution in [3.8, 4) is 0 Å². The summed E-state index contributed by atoms with van der Waals surface area (Å²) in [5, 5.41) is 19.5. The molecule has 9 nitrogen and oxygen atoms in total. The average molecular weight is 506 g/mol. The van der Waals surface area contributed by atoms with E-state index in [1.165, 1.54) is 5.01 Å². The maximum atomic E-state index is 13.7. The Labute approximate surface area is 218 Å². The number of allylic oxidation sites excluding steroid dienone is 2. The lowest BCUT2D eigenvalue weighted by molar-refractivity contribution is 0.0926. The van der Waals surface area contributed by atoms with Crippen LogP contribution in [-0.4, -0.2) is 50.8 Å². The number of hydrazone groups is 1. The predicted octanol–water partition coefficient (Wildman–Crippen LogP) is 4.14. The van der Waals surface area contributed by atoms with Crippen LogP contribution in [0.2, 0.25) is 0 Å². The Morgan fingerprint density at radius 3 is 2.42 bits per heavy atom. The lowest BCUT2D eigenvalue weighted by atomic mass is 9.91. The lowest BCUT2D eigenvalue weighted by Gasteiger charge is -2.28. The molecule has 4 amide bonds. The minimum atomic E-state index is -0.741. The average Bonchev–Trinajstić information content (AvgIpc) is 3.50. The molecule has 1 aromatic heterocycles. The van der Waals surface area contributed by atoms with Gasteiger partial charge in [-0.2, -0.15) is 5.10 Å². The van der Waals surface area contributed by atoms with Crippen molar-refractivity contribution in [3.63, 3.8) is 0 Å². The first kappa shape index (κ1) is 23.5. The molecule has 0 fully saturated rings. The smallest absolute Gasteiger partial charge is 0.342 e.